The second-order valence-corrected chi connectivity index (χ2v) is 16.1. The molecule has 0 radical (unpaired) electrons. The molecule has 3 nitrogen and oxygen atoms in total. The molecule has 0 saturated carbocycles. The first-order chi connectivity index (χ1) is 29.8. The normalized spacial score (nSPS) is 13.1. The predicted molar refractivity (Wildman–Crippen MR) is 246 cm³/mol. The molecule has 0 unspecified atom stereocenters. The molecule has 0 amide bonds. The number of pyridine rings is 2. The van der Waals surface area contributed by atoms with Crippen LogP contribution in [0.15, 0.2) is 213 Å². The minimum Gasteiger partial charge on any atom is -0.309 e. The van der Waals surface area contributed by atoms with E-state index in [-0.39, 0.29) is 0 Å². The van der Waals surface area contributed by atoms with Gasteiger partial charge >= 0.3 is 0 Å². The highest BCUT2D eigenvalue weighted by molar-refractivity contribution is 6.14. The quantitative estimate of drug-likeness (QED) is 0.179. The highest BCUT2D eigenvalue weighted by Gasteiger charge is 2.52. The van der Waals surface area contributed by atoms with Gasteiger partial charge in [-0.2, -0.15) is 0 Å². The maximum atomic E-state index is 4.76. The van der Waals surface area contributed by atoms with Gasteiger partial charge in [-0.1, -0.05) is 133 Å². The van der Waals surface area contributed by atoms with Gasteiger partial charge in [-0.15, -0.1) is 0 Å². The van der Waals surface area contributed by atoms with E-state index < -0.39 is 5.41 Å². The first-order valence-corrected chi connectivity index (χ1v) is 20.6. The fourth-order valence-electron chi connectivity index (χ4n) is 10.7. The molecule has 8 aromatic carbocycles. The van der Waals surface area contributed by atoms with Gasteiger partial charge in [0.1, 0.15) is 0 Å². The summed E-state index contributed by atoms with van der Waals surface area (Å²) in [5.41, 5.74) is 20.1. The summed E-state index contributed by atoms with van der Waals surface area (Å²) in [6.07, 6.45) is 3.72. The molecule has 0 bridgehead atoms. The van der Waals surface area contributed by atoms with Crippen molar-refractivity contribution in [3.05, 3.63) is 235 Å². The lowest BCUT2D eigenvalue weighted by Gasteiger charge is -2.31. The van der Waals surface area contributed by atoms with E-state index in [0.29, 0.717) is 0 Å². The van der Waals surface area contributed by atoms with Crippen molar-refractivity contribution in [2.75, 3.05) is 0 Å². The van der Waals surface area contributed by atoms with E-state index in [9.17, 15) is 0 Å². The molecule has 2 aliphatic rings. The van der Waals surface area contributed by atoms with Crippen molar-refractivity contribution in [3.8, 4) is 61.6 Å². The monoisotopic (exact) mass is 761 g/mol. The first kappa shape index (κ1) is 33.1. The third-order valence-corrected chi connectivity index (χ3v) is 13.1. The summed E-state index contributed by atoms with van der Waals surface area (Å²) in [5, 5.41) is 4.97. The average molecular weight is 762 g/mol. The summed E-state index contributed by atoms with van der Waals surface area (Å²) in [7, 11) is 0. The van der Waals surface area contributed by atoms with Crippen molar-refractivity contribution < 1.29 is 0 Å². The zero-order valence-electron chi connectivity index (χ0n) is 32.5. The predicted octanol–water partition coefficient (Wildman–Crippen LogP) is 14.1. The van der Waals surface area contributed by atoms with Gasteiger partial charge in [-0.3, -0.25) is 9.97 Å². The Morgan fingerprint density at radius 2 is 0.867 bits per heavy atom. The molecule has 0 saturated heterocycles. The molecule has 1 spiro atoms. The summed E-state index contributed by atoms with van der Waals surface area (Å²) >= 11 is 0. The van der Waals surface area contributed by atoms with Crippen LogP contribution in [0.5, 0.6) is 0 Å². The second-order valence-electron chi connectivity index (χ2n) is 16.1. The van der Waals surface area contributed by atoms with Crippen LogP contribution >= 0.6 is 0 Å². The first-order valence-electron chi connectivity index (χ1n) is 20.6. The third kappa shape index (κ3) is 4.49. The summed E-state index contributed by atoms with van der Waals surface area (Å²) in [4.78, 5) is 9.52. The molecule has 3 heteroatoms. The molecule has 0 aliphatic heterocycles. The number of rotatable bonds is 4. The van der Waals surface area contributed by atoms with E-state index in [1.54, 1.807) is 0 Å². The van der Waals surface area contributed by atoms with Gasteiger partial charge in [0.25, 0.3) is 0 Å². The summed E-state index contributed by atoms with van der Waals surface area (Å²) < 4.78 is 2.41. The van der Waals surface area contributed by atoms with E-state index in [4.69, 9.17) is 9.97 Å². The average Bonchev–Trinajstić information content (AvgIpc) is 3.93. The molecule has 60 heavy (non-hydrogen) atoms. The topological polar surface area (TPSA) is 30.7 Å². The highest BCUT2D eigenvalue weighted by Crippen LogP contribution is 2.64. The van der Waals surface area contributed by atoms with Gasteiger partial charge < -0.3 is 4.57 Å². The summed E-state index contributed by atoms with van der Waals surface area (Å²) in [6.45, 7) is 0. The van der Waals surface area contributed by atoms with Crippen LogP contribution in [0.25, 0.3) is 94.2 Å². The number of hydrogen-bond donors (Lipinski definition) is 0. The van der Waals surface area contributed by atoms with Crippen LogP contribution in [0.3, 0.4) is 0 Å². The van der Waals surface area contributed by atoms with Crippen molar-refractivity contribution in [2.24, 2.45) is 0 Å². The molecule has 0 atom stereocenters. The van der Waals surface area contributed by atoms with Crippen LogP contribution < -0.4 is 0 Å². The van der Waals surface area contributed by atoms with E-state index in [1.807, 2.05) is 36.7 Å². The molecular formula is C57H35N3. The van der Waals surface area contributed by atoms with Gasteiger partial charge in [0.15, 0.2) is 0 Å². The Bertz CT molecular complexity index is 3440. The summed E-state index contributed by atoms with van der Waals surface area (Å²) in [5.74, 6) is 0. The highest BCUT2D eigenvalue weighted by atomic mass is 15.0. The number of nitrogens with zero attached hydrogens (tertiary/aromatic N) is 3. The van der Waals surface area contributed by atoms with E-state index >= 15 is 0 Å². The van der Waals surface area contributed by atoms with Crippen molar-refractivity contribution >= 4 is 32.6 Å². The smallest absolute Gasteiger partial charge is 0.0725 e. The minimum atomic E-state index is -0.429. The molecule has 0 N–H and O–H groups in total. The maximum absolute atomic E-state index is 4.76. The van der Waals surface area contributed by atoms with Crippen LogP contribution in [0, 0.1) is 0 Å². The molecule has 11 aromatic rings. The zero-order valence-corrected chi connectivity index (χ0v) is 32.5. The Labute approximate surface area is 347 Å². The van der Waals surface area contributed by atoms with E-state index in [2.05, 4.69) is 180 Å². The van der Waals surface area contributed by atoms with Crippen molar-refractivity contribution in [1.82, 2.24) is 14.5 Å². The Morgan fingerprint density at radius 3 is 1.52 bits per heavy atom. The Kier molecular flexibility index (Phi) is 6.93. The van der Waals surface area contributed by atoms with E-state index in [1.165, 1.54) is 77.2 Å². The van der Waals surface area contributed by atoms with Crippen molar-refractivity contribution in [3.63, 3.8) is 0 Å². The Morgan fingerprint density at radius 1 is 0.333 bits per heavy atom. The lowest BCUT2D eigenvalue weighted by molar-refractivity contribution is 0.794. The Balaban J connectivity index is 1.08. The van der Waals surface area contributed by atoms with Crippen molar-refractivity contribution in [1.29, 1.82) is 0 Å². The molecular weight excluding hydrogens is 727 g/mol. The molecule has 3 heterocycles. The van der Waals surface area contributed by atoms with Crippen LogP contribution in [0.1, 0.15) is 22.3 Å². The van der Waals surface area contributed by atoms with Gasteiger partial charge in [0.2, 0.25) is 0 Å². The van der Waals surface area contributed by atoms with Crippen LogP contribution in [0.2, 0.25) is 0 Å². The van der Waals surface area contributed by atoms with Gasteiger partial charge in [0, 0.05) is 40.0 Å². The molecule has 0 fully saturated rings. The fourth-order valence-corrected chi connectivity index (χ4v) is 10.7. The largest absolute Gasteiger partial charge is 0.309 e. The number of benzene rings is 8. The van der Waals surface area contributed by atoms with Gasteiger partial charge in [0.05, 0.1) is 27.8 Å². The van der Waals surface area contributed by atoms with E-state index in [0.717, 1.165) is 39.2 Å². The molecule has 2 aliphatic carbocycles. The van der Waals surface area contributed by atoms with Crippen LogP contribution in [0.4, 0.5) is 0 Å². The standard InChI is InChI=1S/C57H35N3/c1-2-19-44-40(15-1)46(35-51-56(44)45-20-5-9-23-50(45)57(51)48-21-7-3-16-41(48)42-17-4-8-22-49(42)57)36-27-28-55-47(34-36)43-18-6-10-26-54(43)60(55)39-32-37(52-24-11-13-29-58-52)31-38(33-39)53-25-12-14-30-59-53/h1-35H. The van der Waals surface area contributed by atoms with Crippen molar-refractivity contribution in [2.45, 2.75) is 5.41 Å². The lowest BCUT2D eigenvalue weighted by Crippen LogP contribution is -2.25. The third-order valence-electron chi connectivity index (χ3n) is 13.1. The number of aromatic nitrogens is 3. The zero-order chi connectivity index (χ0) is 39.4. The number of fused-ring (bicyclic) bond motifs is 15. The molecule has 278 valence electrons. The Hall–Kier alpha value is -7.88. The minimum absolute atomic E-state index is 0.429. The number of para-hydroxylation sites is 1. The summed E-state index contributed by atoms with van der Waals surface area (Å²) in [6, 6.07) is 73.6. The van der Waals surface area contributed by atoms with Gasteiger partial charge in [-0.05, 0) is 133 Å². The van der Waals surface area contributed by atoms with Crippen LogP contribution in [-0.4, -0.2) is 14.5 Å². The second kappa shape index (κ2) is 12.6. The SMILES string of the molecule is c1ccc(-c2cc(-c3ccccn3)cc(-n3c4ccccc4c4cc(-c5cc6c(c7ccccc57)-c5ccccc5C65c6ccccc6-c6ccccc65)ccc43)c2)nc1. The fraction of sp³-hybridized carbons (Fsp3) is 0.0175. The molecule has 3 aromatic heterocycles. The molecule has 13 rings (SSSR count). The number of hydrogen-bond acceptors (Lipinski definition) is 2. The maximum Gasteiger partial charge on any atom is 0.0725 e. The van der Waals surface area contributed by atoms with Crippen LogP contribution in [-0.2, 0) is 5.41 Å². The lowest BCUT2D eigenvalue weighted by atomic mass is 9.70. The van der Waals surface area contributed by atoms with Gasteiger partial charge in [-0.25, -0.2) is 0 Å².